The molecule has 0 aliphatic heterocycles. The smallest absolute Gasteiger partial charge is 0.347 e. The summed E-state index contributed by atoms with van der Waals surface area (Å²) in [6.45, 7) is 1.13. The van der Waals surface area contributed by atoms with Crippen LogP contribution in [0, 0.1) is 0 Å². The number of hydrogen-bond acceptors (Lipinski definition) is 4. The van der Waals surface area contributed by atoms with Gasteiger partial charge in [0.05, 0.1) is 10.7 Å². The lowest BCUT2D eigenvalue weighted by Crippen LogP contribution is -2.29. The van der Waals surface area contributed by atoms with Crippen LogP contribution in [0.2, 0.25) is 5.02 Å². The Morgan fingerprint density at radius 1 is 1.17 bits per heavy atom. The molecule has 0 fully saturated rings. The zero-order valence-corrected chi connectivity index (χ0v) is 15.1. The van der Waals surface area contributed by atoms with Crippen molar-refractivity contribution < 1.29 is 19.1 Å². The Hall–Kier alpha value is -2.05. The van der Waals surface area contributed by atoms with Crippen LogP contribution in [0.5, 0.6) is 5.75 Å². The molecule has 0 spiro atoms. The summed E-state index contributed by atoms with van der Waals surface area (Å²) in [5.41, 5.74) is 0.458. The van der Waals surface area contributed by atoms with Gasteiger partial charge >= 0.3 is 5.97 Å². The van der Waals surface area contributed by atoms with E-state index in [9.17, 15) is 9.59 Å². The molecule has 1 N–H and O–H groups in total. The molecular formula is C17H15BrClNO4. The number of hydrogen-bond donors (Lipinski definition) is 1. The highest BCUT2D eigenvalue weighted by Crippen LogP contribution is 2.20. The average Bonchev–Trinajstić information content (AvgIpc) is 2.57. The van der Waals surface area contributed by atoms with Crippen molar-refractivity contribution in [1.29, 1.82) is 0 Å². The topological polar surface area (TPSA) is 64.6 Å². The van der Waals surface area contributed by atoms with E-state index in [2.05, 4.69) is 21.2 Å². The second-order valence-corrected chi connectivity index (χ2v) is 6.17. The number of halogens is 2. The van der Waals surface area contributed by atoms with E-state index in [4.69, 9.17) is 21.1 Å². The quantitative estimate of drug-likeness (QED) is 0.727. The number of rotatable bonds is 6. The molecule has 0 aliphatic carbocycles. The van der Waals surface area contributed by atoms with Gasteiger partial charge in [0, 0.05) is 4.47 Å². The van der Waals surface area contributed by atoms with E-state index >= 15 is 0 Å². The Morgan fingerprint density at radius 2 is 1.83 bits per heavy atom. The fourth-order valence-corrected chi connectivity index (χ4v) is 2.22. The van der Waals surface area contributed by atoms with Crippen molar-refractivity contribution in [2.24, 2.45) is 0 Å². The van der Waals surface area contributed by atoms with Gasteiger partial charge in [-0.15, -0.1) is 0 Å². The van der Waals surface area contributed by atoms with Crippen LogP contribution in [0.15, 0.2) is 53.0 Å². The fourth-order valence-electron chi connectivity index (χ4n) is 1.77. The second kappa shape index (κ2) is 8.70. The van der Waals surface area contributed by atoms with Gasteiger partial charge in [0.25, 0.3) is 5.91 Å². The molecule has 2 aromatic carbocycles. The fraction of sp³-hybridized carbons (Fsp3) is 0.176. The van der Waals surface area contributed by atoms with Gasteiger partial charge in [-0.1, -0.05) is 39.7 Å². The van der Waals surface area contributed by atoms with E-state index in [1.807, 2.05) is 0 Å². The third-order valence-electron chi connectivity index (χ3n) is 2.95. The molecule has 24 heavy (non-hydrogen) atoms. The van der Waals surface area contributed by atoms with Crippen molar-refractivity contribution in [3.05, 3.63) is 58.0 Å². The third kappa shape index (κ3) is 5.54. The minimum atomic E-state index is -0.834. The number of carbonyl (C=O) groups is 2. The molecule has 1 atom stereocenters. The molecule has 0 radical (unpaired) electrons. The van der Waals surface area contributed by atoms with Gasteiger partial charge in [0.1, 0.15) is 5.75 Å². The molecule has 2 aromatic rings. The third-order valence-corrected chi connectivity index (χ3v) is 3.81. The molecule has 0 aromatic heterocycles. The largest absolute Gasteiger partial charge is 0.479 e. The van der Waals surface area contributed by atoms with Crippen molar-refractivity contribution in [3.63, 3.8) is 0 Å². The van der Waals surface area contributed by atoms with Crippen LogP contribution in [0.3, 0.4) is 0 Å². The van der Waals surface area contributed by atoms with Crippen LogP contribution in [-0.2, 0) is 14.3 Å². The van der Waals surface area contributed by atoms with E-state index in [0.29, 0.717) is 16.5 Å². The van der Waals surface area contributed by atoms with Crippen LogP contribution in [0.1, 0.15) is 6.92 Å². The molecule has 0 bridgehead atoms. The predicted octanol–water partition coefficient (Wildman–Crippen LogP) is 4.05. The minimum absolute atomic E-state index is 0.407. The number of benzene rings is 2. The zero-order valence-electron chi connectivity index (χ0n) is 12.8. The molecule has 5 nitrogen and oxygen atoms in total. The van der Waals surface area contributed by atoms with Crippen molar-refractivity contribution >= 4 is 45.1 Å². The first-order chi connectivity index (χ1) is 11.5. The summed E-state index contributed by atoms with van der Waals surface area (Å²) in [5, 5.41) is 2.97. The number of nitrogens with one attached hydrogen (secondary N) is 1. The highest BCUT2D eigenvalue weighted by Gasteiger charge is 2.18. The zero-order chi connectivity index (χ0) is 17.5. The maximum Gasteiger partial charge on any atom is 0.347 e. The molecular weight excluding hydrogens is 398 g/mol. The van der Waals surface area contributed by atoms with Crippen molar-refractivity contribution in [2.75, 3.05) is 11.9 Å². The summed E-state index contributed by atoms with van der Waals surface area (Å²) < 4.78 is 11.3. The van der Waals surface area contributed by atoms with Crippen molar-refractivity contribution in [2.45, 2.75) is 13.0 Å². The molecule has 0 unspecified atom stereocenters. The number of ether oxygens (including phenoxy) is 2. The maximum atomic E-state index is 11.9. The van der Waals surface area contributed by atoms with Crippen LogP contribution >= 0.6 is 27.5 Å². The first-order valence-electron chi connectivity index (χ1n) is 7.09. The summed E-state index contributed by atoms with van der Waals surface area (Å²) in [5.74, 6) is -0.581. The monoisotopic (exact) mass is 411 g/mol. The SMILES string of the molecule is C[C@H](Oc1ccc(Br)cc1)C(=O)OCC(=O)Nc1ccccc1Cl. The summed E-state index contributed by atoms with van der Waals surface area (Å²) >= 11 is 9.25. The number of para-hydroxylation sites is 1. The number of amides is 1. The van der Waals surface area contributed by atoms with Gasteiger partial charge in [-0.25, -0.2) is 4.79 Å². The first-order valence-corrected chi connectivity index (χ1v) is 8.26. The molecule has 1 amide bonds. The molecule has 7 heteroatoms. The lowest BCUT2D eigenvalue weighted by molar-refractivity contribution is -0.153. The highest BCUT2D eigenvalue weighted by atomic mass is 79.9. The lowest BCUT2D eigenvalue weighted by Gasteiger charge is -2.14. The summed E-state index contributed by atoms with van der Waals surface area (Å²) in [4.78, 5) is 23.7. The van der Waals surface area contributed by atoms with E-state index in [1.54, 1.807) is 55.5 Å². The highest BCUT2D eigenvalue weighted by molar-refractivity contribution is 9.10. The Bertz CT molecular complexity index is 721. The van der Waals surface area contributed by atoms with Gasteiger partial charge in [-0.3, -0.25) is 4.79 Å². The summed E-state index contributed by atoms with van der Waals surface area (Å²) in [6.07, 6.45) is -0.834. The van der Waals surface area contributed by atoms with Crippen molar-refractivity contribution in [3.8, 4) is 5.75 Å². The van der Waals surface area contributed by atoms with Crippen LogP contribution in [-0.4, -0.2) is 24.6 Å². The van der Waals surface area contributed by atoms with E-state index in [-0.39, 0.29) is 0 Å². The molecule has 0 heterocycles. The Morgan fingerprint density at radius 3 is 2.50 bits per heavy atom. The Labute approximate surface area is 153 Å². The van der Waals surface area contributed by atoms with E-state index < -0.39 is 24.6 Å². The van der Waals surface area contributed by atoms with Crippen LogP contribution in [0.25, 0.3) is 0 Å². The molecule has 2 rings (SSSR count). The van der Waals surface area contributed by atoms with Crippen LogP contribution in [0.4, 0.5) is 5.69 Å². The Balaban J connectivity index is 1.80. The normalized spacial score (nSPS) is 11.5. The van der Waals surface area contributed by atoms with Crippen LogP contribution < -0.4 is 10.1 Å². The minimum Gasteiger partial charge on any atom is -0.479 e. The number of anilines is 1. The first kappa shape index (κ1) is 18.3. The van der Waals surface area contributed by atoms with Gasteiger partial charge in [-0.05, 0) is 43.3 Å². The number of carbonyl (C=O) groups excluding carboxylic acids is 2. The molecule has 126 valence electrons. The van der Waals surface area contributed by atoms with Crippen molar-refractivity contribution in [1.82, 2.24) is 0 Å². The Kier molecular flexibility index (Phi) is 6.63. The van der Waals surface area contributed by atoms with Gasteiger partial charge in [0.15, 0.2) is 12.7 Å². The maximum absolute atomic E-state index is 11.9. The number of esters is 1. The second-order valence-electron chi connectivity index (χ2n) is 4.85. The van der Waals surface area contributed by atoms with E-state index in [1.165, 1.54) is 0 Å². The van der Waals surface area contributed by atoms with E-state index in [0.717, 1.165) is 4.47 Å². The summed E-state index contributed by atoms with van der Waals surface area (Å²) in [6, 6.07) is 13.8. The van der Waals surface area contributed by atoms with Gasteiger partial charge in [-0.2, -0.15) is 0 Å². The molecule has 0 aliphatic rings. The van der Waals surface area contributed by atoms with Gasteiger partial charge in [0.2, 0.25) is 0 Å². The summed E-state index contributed by atoms with van der Waals surface area (Å²) in [7, 11) is 0. The average molecular weight is 413 g/mol. The molecule has 0 saturated carbocycles. The van der Waals surface area contributed by atoms with Gasteiger partial charge < -0.3 is 14.8 Å². The lowest BCUT2D eigenvalue weighted by atomic mass is 10.3. The predicted molar refractivity (Wildman–Crippen MR) is 95.3 cm³/mol. The molecule has 0 saturated heterocycles. The standard InChI is InChI=1S/C17H15BrClNO4/c1-11(24-13-8-6-12(18)7-9-13)17(22)23-10-16(21)20-15-5-3-2-4-14(15)19/h2-9,11H,10H2,1H3,(H,20,21)/t11-/m0/s1.